The molecule has 0 aromatic carbocycles. The predicted octanol–water partition coefficient (Wildman–Crippen LogP) is 1.62. The molecule has 0 spiro atoms. The Kier molecular flexibility index (Phi) is 4.89. The van der Waals surface area contributed by atoms with Gasteiger partial charge < -0.3 is 11.1 Å². The molecule has 5 heteroatoms. The quantitative estimate of drug-likeness (QED) is 0.823. The van der Waals surface area contributed by atoms with Crippen LogP contribution >= 0.6 is 11.3 Å². The number of carbonyl (C=O) groups excluding carboxylic acids is 1. The van der Waals surface area contributed by atoms with Gasteiger partial charge in [-0.1, -0.05) is 13.8 Å². The standard InChI is InChI=1S/C11H19N3OS/c1-4-8-6-13-11(16-8)7(3)14-10(15)9(12)5-2/h6-7,9H,4-5,12H2,1-3H3,(H,14,15). The summed E-state index contributed by atoms with van der Waals surface area (Å²) in [5, 5.41) is 3.81. The van der Waals surface area contributed by atoms with Crippen LogP contribution in [-0.4, -0.2) is 16.9 Å². The molecule has 3 N–H and O–H groups in total. The maximum atomic E-state index is 11.6. The fraction of sp³-hybridized carbons (Fsp3) is 0.636. The molecule has 1 aromatic heterocycles. The number of aromatic nitrogens is 1. The van der Waals surface area contributed by atoms with Gasteiger partial charge in [-0.05, 0) is 19.8 Å². The number of thiazole rings is 1. The molecule has 0 saturated heterocycles. The molecule has 1 rings (SSSR count). The summed E-state index contributed by atoms with van der Waals surface area (Å²) in [4.78, 5) is 17.1. The van der Waals surface area contributed by atoms with E-state index in [-0.39, 0.29) is 11.9 Å². The van der Waals surface area contributed by atoms with Crippen LogP contribution in [0.2, 0.25) is 0 Å². The first-order chi connectivity index (χ1) is 7.58. The lowest BCUT2D eigenvalue weighted by atomic mass is 10.2. The van der Waals surface area contributed by atoms with Crippen molar-refractivity contribution in [3.05, 3.63) is 16.1 Å². The van der Waals surface area contributed by atoms with Gasteiger partial charge in [0.2, 0.25) is 5.91 Å². The van der Waals surface area contributed by atoms with Gasteiger partial charge in [0.1, 0.15) is 5.01 Å². The number of nitrogens with zero attached hydrogens (tertiary/aromatic N) is 1. The maximum Gasteiger partial charge on any atom is 0.237 e. The average Bonchev–Trinajstić information content (AvgIpc) is 2.76. The van der Waals surface area contributed by atoms with Gasteiger partial charge in [0.25, 0.3) is 0 Å². The molecule has 0 aliphatic carbocycles. The fourth-order valence-electron chi connectivity index (χ4n) is 1.25. The molecular formula is C11H19N3OS. The number of carbonyl (C=O) groups is 1. The highest BCUT2D eigenvalue weighted by molar-refractivity contribution is 7.11. The van der Waals surface area contributed by atoms with Crippen molar-refractivity contribution in [2.45, 2.75) is 45.7 Å². The molecule has 4 nitrogen and oxygen atoms in total. The summed E-state index contributed by atoms with van der Waals surface area (Å²) in [6.45, 7) is 5.92. The van der Waals surface area contributed by atoms with E-state index in [2.05, 4.69) is 17.2 Å². The van der Waals surface area contributed by atoms with E-state index < -0.39 is 6.04 Å². The van der Waals surface area contributed by atoms with Crippen LogP contribution in [-0.2, 0) is 11.2 Å². The first-order valence-electron chi connectivity index (χ1n) is 5.59. The van der Waals surface area contributed by atoms with E-state index in [4.69, 9.17) is 5.73 Å². The summed E-state index contributed by atoms with van der Waals surface area (Å²) in [5.74, 6) is -0.108. The van der Waals surface area contributed by atoms with Gasteiger partial charge in [0, 0.05) is 11.1 Å². The van der Waals surface area contributed by atoms with Crippen LogP contribution in [0.5, 0.6) is 0 Å². The zero-order valence-electron chi connectivity index (χ0n) is 9.99. The van der Waals surface area contributed by atoms with Crippen molar-refractivity contribution in [3.8, 4) is 0 Å². The number of amides is 1. The highest BCUT2D eigenvalue weighted by atomic mass is 32.1. The molecule has 0 aliphatic heterocycles. The van der Waals surface area contributed by atoms with Gasteiger partial charge in [0.05, 0.1) is 12.1 Å². The zero-order chi connectivity index (χ0) is 12.1. The number of hydrogen-bond acceptors (Lipinski definition) is 4. The third kappa shape index (κ3) is 3.28. The summed E-state index contributed by atoms with van der Waals surface area (Å²) < 4.78 is 0. The lowest BCUT2D eigenvalue weighted by Gasteiger charge is -2.14. The van der Waals surface area contributed by atoms with E-state index in [9.17, 15) is 4.79 Å². The molecule has 0 fully saturated rings. The minimum atomic E-state index is -0.423. The van der Waals surface area contributed by atoms with Crippen molar-refractivity contribution in [2.75, 3.05) is 0 Å². The molecule has 90 valence electrons. The molecule has 2 atom stereocenters. The van der Waals surface area contributed by atoms with E-state index >= 15 is 0 Å². The topological polar surface area (TPSA) is 68.0 Å². The molecule has 16 heavy (non-hydrogen) atoms. The van der Waals surface area contributed by atoms with Gasteiger partial charge in [0.15, 0.2) is 0 Å². The second kappa shape index (κ2) is 5.96. The van der Waals surface area contributed by atoms with Crippen LogP contribution < -0.4 is 11.1 Å². The average molecular weight is 241 g/mol. The molecule has 2 unspecified atom stereocenters. The lowest BCUT2D eigenvalue weighted by Crippen LogP contribution is -2.41. The Morgan fingerprint density at radius 1 is 1.62 bits per heavy atom. The van der Waals surface area contributed by atoms with Gasteiger partial charge in [-0.2, -0.15) is 0 Å². The van der Waals surface area contributed by atoms with Crippen molar-refractivity contribution in [3.63, 3.8) is 0 Å². The SMILES string of the molecule is CCc1cnc(C(C)NC(=O)C(N)CC)s1. The van der Waals surface area contributed by atoms with Crippen LogP contribution in [0.25, 0.3) is 0 Å². The first-order valence-corrected chi connectivity index (χ1v) is 6.40. The van der Waals surface area contributed by atoms with Crippen LogP contribution in [0.3, 0.4) is 0 Å². The van der Waals surface area contributed by atoms with Gasteiger partial charge in [-0.15, -0.1) is 11.3 Å². The number of rotatable bonds is 5. The van der Waals surface area contributed by atoms with Gasteiger partial charge in [-0.3, -0.25) is 4.79 Å². The van der Waals surface area contributed by atoms with E-state index in [0.717, 1.165) is 11.4 Å². The minimum absolute atomic E-state index is 0.0598. The largest absolute Gasteiger partial charge is 0.346 e. The lowest BCUT2D eigenvalue weighted by molar-refractivity contribution is -0.123. The van der Waals surface area contributed by atoms with Gasteiger partial charge >= 0.3 is 0 Å². The molecule has 0 saturated carbocycles. The molecular weight excluding hydrogens is 222 g/mol. The fourth-order valence-corrected chi connectivity index (χ4v) is 2.11. The maximum absolute atomic E-state index is 11.6. The summed E-state index contributed by atoms with van der Waals surface area (Å²) in [5.41, 5.74) is 5.65. The second-order valence-electron chi connectivity index (χ2n) is 3.76. The third-order valence-electron chi connectivity index (χ3n) is 2.43. The van der Waals surface area contributed by atoms with Crippen molar-refractivity contribution in [1.82, 2.24) is 10.3 Å². The van der Waals surface area contributed by atoms with Crippen molar-refractivity contribution in [2.24, 2.45) is 5.73 Å². The highest BCUT2D eigenvalue weighted by Crippen LogP contribution is 2.20. The van der Waals surface area contributed by atoms with Crippen molar-refractivity contribution in [1.29, 1.82) is 0 Å². The van der Waals surface area contributed by atoms with Crippen LogP contribution in [0, 0.1) is 0 Å². The monoisotopic (exact) mass is 241 g/mol. The highest BCUT2D eigenvalue weighted by Gasteiger charge is 2.16. The number of hydrogen-bond donors (Lipinski definition) is 2. The van der Waals surface area contributed by atoms with E-state index in [1.54, 1.807) is 11.3 Å². The summed E-state index contributed by atoms with van der Waals surface area (Å²) in [6.07, 6.45) is 3.49. The van der Waals surface area contributed by atoms with E-state index in [1.165, 1.54) is 4.88 Å². The molecule has 1 heterocycles. The number of nitrogens with one attached hydrogen (secondary N) is 1. The minimum Gasteiger partial charge on any atom is -0.346 e. The Morgan fingerprint density at radius 2 is 2.31 bits per heavy atom. The molecule has 1 amide bonds. The number of aryl methyl sites for hydroxylation is 1. The Balaban J connectivity index is 2.58. The van der Waals surface area contributed by atoms with Gasteiger partial charge in [-0.25, -0.2) is 4.98 Å². The summed E-state index contributed by atoms with van der Waals surface area (Å²) in [6, 6.07) is -0.483. The molecule has 0 radical (unpaired) electrons. The van der Waals surface area contributed by atoms with E-state index in [0.29, 0.717) is 6.42 Å². The summed E-state index contributed by atoms with van der Waals surface area (Å²) >= 11 is 1.64. The molecule has 0 bridgehead atoms. The second-order valence-corrected chi connectivity index (χ2v) is 4.91. The number of nitrogens with two attached hydrogens (primary N) is 1. The Morgan fingerprint density at radius 3 is 2.81 bits per heavy atom. The van der Waals surface area contributed by atoms with Crippen LogP contribution in [0.4, 0.5) is 0 Å². The van der Waals surface area contributed by atoms with Crippen LogP contribution in [0.1, 0.15) is 43.1 Å². The van der Waals surface area contributed by atoms with Crippen molar-refractivity contribution >= 4 is 17.2 Å². The zero-order valence-corrected chi connectivity index (χ0v) is 10.8. The Bertz CT molecular complexity index is 351. The summed E-state index contributed by atoms with van der Waals surface area (Å²) in [7, 11) is 0. The Labute approximate surface area is 100 Å². The van der Waals surface area contributed by atoms with Crippen LogP contribution in [0.15, 0.2) is 6.20 Å². The Hall–Kier alpha value is -0.940. The molecule has 1 aromatic rings. The normalized spacial score (nSPS) is 14.5. The predicted molar refractivity (Wildman–Crippen MR) is 66.3 cm³/mol. The third-order valence-corrected chi connectivity index (χ3v) is 3.75. The van der Waals surface area contributed by atoms with E-state index in [1.807, 2.05) is 20.0 Å². The molecule has 0 aliphatic rings. The van der Waals surface area contributed by atoms with Crippen molar-refractivity contribution < 1.29 is 4.79 Å². The first kappa shape index (κ1) is 13.1. The smallest absolute Gasteiger partial charge is 0.237 e.